The topological polar surface area (TPSA) is 50.4 Å². The van der Waals surface area contributed by atoms with Gasteiger partial charge in [0.05, 0.1) is 30.4 Å². The third kappa shape index (κ3) is 3.56. The number of carbonyl (C=O) groups excluding carboxylic acids is 1. The number of allylic oxidation sites excluding steroid dienone is 2. The molecule has 1 heterocycles. The van der Waals surface area contributed by atoms with Gasteiger partial charge in [-0.2, -0.15) is 0 Å². The van der Waals surface area contributed by atoms with Crippen LogP contribution in [0.2, 0.25) is 0 Å². The summed E-state index contributed by atoms with van der Waals surface area (Å²) < 4.78 is 5.67. The predicted octanol–water partition coefficient (Wildman–Crippen LogP) is 6.01. The molecular weight excluding hydrogens is 396 g/mol. The number of hydrogen-bond acceptors (Lipinski definition) is 3. The molecule has 0 aromatic heterocycles. The van der Waals surface area contributed by atoms with Crippen molar-refractivity contribution < 1.29 is 9.53 Å². The zero-order valence-electron chi connectivity index (χ0n) is 18.4. The van der Waals surface area contributed by atoms with Crippen molar-refractivity contribution in [3.63, 3.8) is 0 Å². The average Bonchev–Trinajstić information content (AvgIpc) is 3.34. The van der Waals surface area contributed by atoms with Crippen LogP contribution >= 0.6 is 0 Å². The fraction of sp³-hybridized carbons (Fsp3) is 0.250. The molecule has 4 nitrogen and oxygen atoms in total. The van der Waals surface area contributed by atoms with Crippen molar-refractivity contribution in [3.8, 4) is 5.75 Å². The standard InChI is InChI=1S/C28H28N2O2/c1-18(19-10-4-3-5-11-19)29-28(31)24-16-9-15-22-20-13-8-14-21(20)26(30-27(22)24)23-12-6-7-17-25(23)32-2/h3-13,15-18,20-21,26,30H,14H2,1-2H3,(H,29,31). The summed E-state index contributed by atoms with van der Waals surface area (Å²) in [5.41, 5.74) is 5.02. The van der Waals surface area contributed by atoms with E-state index in [9.17, 15) is 4.79 Å². The van der Waals surface area contributed by atoms with E-state index in [0.29, 0.717) is 11.5 Å². The molecule has 2 N–H and O–H groups in total. The van der Waals surface area contributed by atoms with Crippen LogP contribution in [0.5, 0.6) is 5.75 Å². The first kappa shape index (κ1) is 20.4. The van der Waals surface area contributed by atoms with Gasteiger partial charge in [0.2, 0.25) is 0 Å². The van der Waals surface area contributed by atoms with Crippen molar-refractivity contribution in [2.45, 2.75) is 31.3 Å². The lowest BCUT2D eigenvalue weighted by Crippen LogP contribution is -2.33. The Labute approximate surface area is 189 Å². The predicted molar refractivity (Wildman–Crippen MR) is 128 cm³/mol. The van der Waals surface area contributed by atoms with E-state index in [1.807, 2.05) is 67.6 Å². The van der Waals surface area contributed by atoms with E-state index in [1.165, 1.54) is 5.56 Å². The summed E-state index contributed by atoms with van der Waals surface area (Å²) in [7, 11) is 1.71. The zero-order valence-corrected chi connectivity index (χ0v) is 18.4. The van der Waals surface area contributed by atoms with E-state index in [1.54, 1.807) is 7.11 Å². The summed E-state index contributed by atoms with van der Waals surface area (Å²) in [6.07, 6.45) is 5.56. The maximum absolute atomic E-state index is 13.4. The molecule has 1 aliphatic heterocycles. The second-order valence-corrected chi connectivity index (χ2v) is 8.59. The highest BCUT2D eigenvalue weighted by Gasteiger charge is 2.40. The first-order chi connectivity index (χ1) is 15.7. The van der Waals surface area contributed by atoms with Gasteiger partial charge in [0.25, 0.3) is 5.91 Å². The minimum absolute atomic E-state index is 0.0649. The zero-order chi connectivity index (χ0) is 22.1. The molecule has 3 aromatic rings. The minimum atomic E-state index is -0.0766. The smallest absolute Gasteiger partial charge is 0.253 e. The molecule has 3 aromatic carbocycles. The molecule has 32 heavy (non-hydrogen) atoms. The molecule has 2 aliphatic rings. The average molecular weight is 425 g/mol. The van der Waals surface area contributed by atoms with Crippen LogP contribution in [0.25, 0.3) is 0 Å². The van der Waals surface area contributed by atoms with Gasteiger partial charge in [-0.05, 0) is 42.5 Å². The number of para-hydroxylation sites is 2. The molecule has 4 unspecified atom stereocenters. The second-order valence-electron chi connectivity index (χ2n) is 8.59. The molecule has 162 valence electrons. The Bertz CT molecular complexity index is 1160. The molecule has 1 amide bonds. The summed E-state index contributed by atoms with van der Waals surface area (Å²) in [6.45, 7) is 2.02. The van der Waals surface area contributed by atoms with Gasteiger partial charge in [-0.1, -0.05) is 72.8 Å². The fourth-order valence-corrected chi connectivity index (χ4v) is 5.14. The molecule has 5 rings (SSSR count). The molecular formula is C28H28N2O2. The van der Waals surface area contributed by atoms with Gasteiger partial charge in [0, 0.05) is 11.5 Å². The molecule has 0 saturated carbocycles. The van der Waals surface area contributed by atoms with E-state index in [0.717, 1.165) is 29.0 Å². The Morgan fingerprint density at radius 2 is 1.75 bits per heavy atom. The lowest BCUT2D eigenvalue weighted by molar-refractivity contribution is 0.0940. The minimum Gasteiger partial charge on any atom is -0.496 e. The van der Waals surface area contributed by atoms with E-state index in [4.69, 9.17) is 4.74 Å². The van der Waals surface area contributed by atoms with Crippen molar-refractivity contribution >= 4 is 11.6 Å². The third-order valence-corrected chi connectivity index (χ3v) is 6.76. The number of rotatable bonds is 5. The second kappa shape index (κ2) is 8.54. The van der Waals surface area contributed by atoms with E-state index < -0.39 is 0 Å². The van der Waals surface area contributed by atoms with Gasteiger partial charge in [-0.3, -0.25) is 4.79 Å². The van der Waals surface area contributed by atoms with Crippen LogP contribution in [0.3, 0.4) is 0 Å². The highest BCUT2D eigenvalue weighted by molar-refractivity contribution is 6.01. The number of hydrogen-bond donors (Lipinski definition) is 2. The van der Waals surface area contributed by atoms with Crippen molar-refractivity contribution in [1.29, 1.82) is 0 Å². The number of benzene rings is 3. The van der Waals surface area contributed by atoms with Crippen molar-refractivity contribution in [2.75, 3.05) is 12.4 Å². The maximum Gasteiger partial charge on any atom is 0.253 e. The summed E-state index contributed by atoms with van der Waals surface area (Å²) in [5.74, 6) is 1.48. The van der Waals surface area contributed by atoms with Crippen molar-refractivity contribution in [1.82, 2.24) is 5.32 Å². The molecule has 1 aliphatic carbocycles. The van der Waals surface area contributed by atoms with Crippen molar-refractivity contribution in [3.05, 3.63) is 107 Å². The summed E-state index contributed by atoms with van der Waals surface area (Å²) >= 11 is 0. The number of methoxy groups -OCH3 is 1. The van der Waals surface area contributed by atoms with E-state index in [2.05, 4.69) is 34.9 Å². The van der Waals surface area contributed by atoms with Gasteiger partial charge < -0.3 is 15.4 Å². The highest BCUT2D eigenvalue weighted by atomic mass is 16.5. The Hall–Kier alpha value is -3.53. The molecule has 0 spiro atoms. The molecule has 0 saturated heterocycles. The van der Waals surface area contributed by atoms with Crippen LogP contribution in [0.1, 0.15) is 58.4 Å². The Balaban J connectivity index is 1.51. The number of fused-ring (bicyclic) bond motifs is 3. The van der Waals surface area contributed by atoms with Crippen molar-refractivity contribution in [2.24, 2.45) is 5.92 Å². The first-order valence-corrected chi connectivity index (χ1v) is 11.2. The summed E-state index contributed by atoms with van der Waals surface area (Å²) in [5, 5.41) is 6.92. The van der Waals surface area contributed by atoms with Crippen LogP contribution in [0, 0.1) is 5.92 Å². The van der Waals surface area contributed by atoms with E-state index in [-0.39, 0.29) is 23.9 Å². The SMILES string of the molecule is COc1ccccc1C1Nc2c(C(=O)NC(C)c3ccccc3)cccc2C2C=CCC21. The lowest BCUT2D eigenvalue weighted by Gasteiger charge is -2.38. The molecule has 0 fully saturated rings. The van der Waals surface area contributed by atoms with Gasteiger partial charge in [-0.25, -0.2) is 0 Å². The number of nitrogens with one attached hydrogen (secondary N) is 2. The normalized spacial score (nSPS) is 21.8. The van der Waals surface area contributed by atoms with Gasteiger partial charge in [0.1, 0.15) is 5.75 Å². The van der Waals surface area contributed by atoms with Crippen LogP contribution in [-0.4, -0.2) is 13.0 Å². The quantitative estimate of drug-likeness (QED) is 0.493. The van der Waals surface area contributed by atoms with Crippen LogP contribution in [0.4, 0.5) is 5.69 Å². The van der Waals surface area contributed by atoms with Gasteiger partial charge in [-0.15, -0.1) is 0 Å². The fourth-order valence-electron chi connectivity index (χ4n) is 5.14. The summed E-state index contributed by atoms with van der Waals surface area (Å²) in [6, 6.07) is 24.3. The number of anilines is 1. The molecule has 4 heteroatoms. The lowest BCUT2D eigenvalue weighted by atomic mass is 9.76. The van der Waals surface area contributed by atoms with Crippen LogP contribution < -0.4 is 15.4 Å². The van der Waals surface area contributed by atoms with Gasteiger partial charge in [0.15, 0.2) is 0 Å². The summed E-state index contributed by atoms with van der Waals surface area (Å²) in [4.78, 5) is 13.4. The molecule has 0 bridgehead atoms. The Morgan fingerprint density at radius 1 is 1.00 bits per heavy atom. The Morgan fingerprint density at radius 3 is 2.56 bits per heavy atom. The highest BCUT2D eigenvalue weighted by Crippen LogP contribution is 2.51. The first-order valence-electron chi connectivity index (χ1n) is 11.2. The van der Waals surface area contributed by atoms with Crippen LogP contribution in [-0.2, 0) is 0 Å². The number of amides is 1. The van der Waals surface area contributed by atoms with Crippen LogP contribution in [0.15, 0.2) is 84.9 Å². The van der Waals surface area contributed by atoms with Gasteiger partial charge >= 0.3 is 0 Å². The molecule has 0 radical (unpaired) electrons. The number of carbonyl (C=O) groups is 1. The Kier molecular flexibility index (Phi) is 5.44. The largest absolute Gasteiger partial charge is 0.496 e. The number of ether oxygens (including phenoxy) is 1. The monoisotopic (exact) mass is 424 g/mol. The third-order valence-electron chi connectivity index (χ3n) is 6.76. The van der Waals surface area contributed by atoms with E-state index >= 15 is 0 Å². The maximum atomic E-state index is 13.4. The molecule has 4 atom stereocenters.